The minimum atomic E-state index is 0.420. The molecule has 0 bridgehead atoms. The molecule has 1 atom stereocenters. The van der Waals surface area contributed by atoms with Gasteiger partial charge in [0.15, 0.2) is 5.69 Å². The van der Waals surface area contributed by atoms with Crippen molar-refractivity contribution < 1.29 is 0 Å². The van der Waals surface area contributed by atoms with Crippen LogP contribution in [0.5, 0.6) is 0 Å². The highest BCUT2D eigenvalue weighted by Crippen LogP contribution is 2.24. The van der Waals surface area contributed by atoms with E-state index in [1.165, 1.54) is 0 Å². The number of hydrogen-bond acceptors (Lipinski definition) is 2. The lowest BCUT2D eigenvalue weighted by molar-refractivity contribution is 0.708. The van der Waals surface area contributed by atoms with E-state index in [-0.39, 0.29) is 0 Å². The standard InChI is InChI=1S/C10H15N3/c1-5-7(2)10-8(3)13(4)12-9(10)6-11/h7H,5H2,1-4H3. The molecule has 0 aromatic carbocycles. The third-order valence-electron chi connectivity index (χ3n) is 2.59. The molecule has 1 rings (SSSR count). The summed E-state index contributed by atoms with van der Waals surface area (Å²) in [7, 11) is 1.88. The molecule has 1 heterocycles. The average Bonchev–Trinajstić information content (AvgIpc) is 2.42. The van der Waals surface area contributed by atoms with E-state index in [1.807, 2.05) is 14.0 Å². The predicted octanol–water partition coefficient (Wildman–Crippen LogP) is 2.11. The van der Waals surface area contributed by atoms with Crippen LogP contribution in [0.2, 0.25) is 0 Å². The zero-order chi connectivity index (χ0) is 10.0. The first kappa shape index (κ1) is 9.79. The summed E-state index contributed by atoms with van der Waals surface area (Å²) in [6.07, 6.45) is 1.04. The smallest absolute Gasteiger partial charge is 0.166 e. The van der Waals surface area contributed by atoms with Gasteiger partial charge in [0.2, 0.25) is 0 Å². The molecule has 3 nitrogen and oxygen atoms in total. The van der Waals surface area contributed by atoms with Crippen molar-refractivity contribution in [1.29, 1.82) is 5.26 Å². The van der Waals surface area contributed by atoms with Crippen LogP contribution >= 0.6 is 0 Å². The van der Waals surface area contributed by atoms with Gasteiger partial charge in [-0.1, -0.05) is 13.8 Å². The highest BCUT2D eigenvalue weighted by atomic mass is 15.3. The van der Waals surface area contributed by atoms with Crippen molar-refractivity contribution in [2.75, 3.05) is 0 Å². The Labute approximate surface area is 79.0 Å². The molecule has 70 valence electrons. The lowest BCUT2D eigenvalue weighted by atomic mass is 9.97. The van der Waals surface area contributed by atoms with Gasteiger partial charge in [-0.15, -0.1) is 0 Å². The first-order chi connectivity index (χ1) is 6.11. The van der Waals surface area contributed by atoms with Gasteiger partial charge in [0.05, 0.1) is 0 Å². The van der Waals surface area contributed by atoms with Crippen LogP contribution in [0.1, 0.15) is 43.1 Å². The summed E-state index contributed by atoms with van der Waals surface area (Å²) >= 11 is 0. The largest absolute Gasteiger partial charge is 0.271 e. The predicted molar refractivity (Wildman–Crippen MR) is 51.4 cm³/mol. The van der Waals surface area contributed by atoms with Crippen LogP contribution in [0.4, 0.5) is 0 Å². The van der Waals surface area contributed by atoms with Gasteiger partial charge in [0.25, 0.3) is 0 Å². The van der Waals surface area contributed by atoms with Crippen molar-refractivity contribution in [3.63, 3.8) is 0 Å². The van der Waals surface area contributed by atoms with E-state index in [0.717, 1.165) is 17.7 Å². The first-order valence-corrected chi connectivity index (χ1v) is 4.55. The van der Waals surface area contributed by atoms with Crippen molar-refractivity contribution in [1.82, 2.24) is 9.78 Å². The highest BCUT2D eigenvalue weighted by molar-refractivity contribution is 5.37. The van der Waals surface area contributed by atoms with Gasteiger partial charge in [-0.25, -0.2) is 0 Å². The summed E-state index contributed by atoms with van der Waals surface area (Å²) in [5.74, 6) is 0.420. The third kappa shape index (κ3) is 1.57. The van der Waals surface area contributed by atoms with Crippen LogP contribution in [-0.2, 0) is 7.05 Å². The Hall–Kier alpha value is -1.30. The van der Waals surface area contributed by atoms with E-state index in [1.54, 1.807) is 4.68 Å². The lowest BCUT2D eigenvalue weighted by Gasteiger charge is -2.07. The molecule has 0 aliphatic rings. The normalized spacial score (nSPS) is 12.5. The van der Waals surface area contributed by atoms with Gasteiger partial charge in [-0.3, -0.25) is 4.68 Å². The van der Waals surface area contributed by atoms with Gasteiger partial charge in [0, 0.05) is 18.3 Å². The Kier molecular flexibility index (Phi) is 2.72. The van der Waals surface area contributed by atoms with Gasteiger partial charge in [0.1, 0.15) is 6.07 Å². The number of aryl methyl sites for hydroxylation is 1. The van der Waals surface area contributed by atoms with E-state index in [4.69, 9.17) is 5.26 Å². The van der Waals surface area contributed by atoms with Crippen LogP contribution < -0.4 is 0 Å². The van der Waals surface area contributed by atoms with Gasteiger partial charge >= 0.3 is 0 Å². The minimum absolute atomic E-state index is 0.420. The zero-order valence-electron chi connectivity index (χ0n) is 8.63. The molecule has 0 aliphatic carbocycles. The number of hydrogen-bond donors (Lipinski definition) is 0. The van der Waals surface area contributed by atoms with E-state index < -0.39 is 0 Å². The summed E-state index contributed by atoms with van der Waals surface area (Å²) in [4.78, 5) is 0. The minimum Gasteiger partial charge on any atom is -0.271 e. The summed E-state index contributed by atoms with van der Waals surface area (Å²) in [6, 6.07) is 2.14. The molecule has 0 radical (unpaired) electrons. The SMILES string of the molecule is CCC(C)c1c(C#N)nn(C)c1C. The molecule has 0 spiro atoms. The molecular weight excluding hydrogens is 162 g/mol. The number of aromatic nitrogens is 2. The molecule has 0 N–H and O–H groups in total. The van der Waals surface area contributed by atoms with Crippen LogP contribution in [-0.4, -0.2) is 9.78 Å². The summed E-state index contributed by atoms with van der Waals surface area (Å²) < 4.78 is 1.78. The van der Waals surface area contributed by atoms with Crippen LogP contribution in [0, 0.1) is 18.3 Å². The highest BCUT2D eigenvalue weighted by Gasteiger charge is 2.16. The molecule has 0 saturated carbocycles. The third-order valence-corrected chi connectivity index (χ3v) is 2.59. The quantitative estimate of drug-likeness (QED) is 0.694. The second-order valence-electron chi connectivity index (χ2n) is 3.39. The Morgan fingerprint density at radius 2 is 2.23 bits per heavy atom. The van der Waals surface area contributed by atoms with Crippen LogP contribution in [0.15, 0.2) is 0 Å². The van der Waals surface area contributed by atoms with Crippen molar-refractivity contribution in [3.05, 3.63) is 17.0 Å². The summed E-state index contributed by atoms with van der Waals surface area (Å²) in [6.45, 7) is 6.26. The molecule has 0 aliphatic heterocycles. The first-order valence-electron chi connectivity index (χ1n) is 4.55. The average molecular weight is 177 g/mol. The molecule has 13 heavy (non-hydrogen) atoms. The van der Waals surface area contributed by atoms with Crippen molar-refractivity contribution >= 4 is 0 Å². The second kappa shape index (κ2) is 3.61. The maximum atomic E-state index is 8.87. The molecule has 0 saturated heterocycles. The monoisotopic (exact) mass is 177 g/mol. The molecule has 1 unspecified atom stereocenters. The van der Waals surface area contributed by atoms with E-state index in [2.05, 4.69) is 25.0 Å². The Morgan fingerprint density at radius 1 is 1.62 bits per heavy atom. The molecule has 3 heteroatoms. The maximum Gasteiger partial charge on any atom is 0.166 e. The topological polar surface area (TPSA) is 41.6 Å². The molecule has 1 aromatic heterocycles. The second-order valence-corrected chi connectivity index (χ2v) is 3.39. The molecule has 0 fully saturated rings. The van der Waals surface area contributed by atoms with Crippen LogP contribution in [0.3, 0.4) is 0 Å². The molecule has 1 aromatic rings. The van der Waals surface area contributed by atoms with Gasteiger partial charge in [-0.05, 0) is 19.3 Å². The number of nitrogens with zero attached hydrogens (tertiary/aromatic N) is 3. The molecular formula is C10H15N3. The number of rotatable bonds is 2. The lowest BCUT2D eigenvalue weighted by Crippen LogP contribution is -1.97. The summed E-state index contributed by atoms with van der Waals surface area (Å²) in [5.41, 5.74) is 2.78. The van der Waals surface area contributed by atoms with Crippen molar-refractivity contribution in [2.45, 2.75) is 33.1 Å². The van der Waals surface area contributed by atoms with Gasteiger partial charge in [-0.2, -0.15) is 10.4 Å². The Morgan fingerprint density at radius 3 is 2.69 bits per heavy atom. The summed E-state index contributed by atoms with van der Waals surface area (Å²) in [5, 5.41) is 13.0. The van der Waals surface area contributed by atoms with Crippen LogP contribution in [0.25, 0.3) is 0 Å². The Bertz CT molecular complexity index is 344. The maximum absolute atomic E-state index is 8.87. The van der Waals surface area contributed by atoms with Crippen molar-refractivity contribution in [3.8, 4) is 6.07 Å². The fourth-order valence-corrected chi connectivity index (χ4v) is 1.50. The van der Waals surface area contributed by atoms with E-state index in [9.17, 15) is 0 Å². The zero-order valence-corrected chi connectivity index (χ0v) is 8.63. The van der Waals surface area contributed by atoms with Gasteiger partial charge < -0.3 is 0 Å². The molecule has 0 amide bonds. The number of nitriles is 1. The van der Waals surface area contributed by atoms with Crippen molar-refractivity contribution in [2.24, 2.45) is 7.05 Å². The fourth-order valence-electron chi connectivity index (χ4n) is 1.50. The fraction of sp³-hybridized carbons (Fsp3) is 0.600. The Balaban J connectivity index is 3.25. The van der Waals surface area contributed by atoms with E-state index in [0.29, 0.717) is 11.6 Å². The van der Waals surface area contributed by atoms with E-state index >= 15 is 0 Å².